The van der Waals surface area contributed by atoms with Gasteiger partial charge < -0.3 is 20.5 Å². The first-order valence-corrected chi connectivity index (χ1v) is 12.8. The zero-order valence-electron chi connectivity index (χ0n) is 22.1. The van der Waals surface area contributed by atoms with Gasteiger partial charge in [-0.15, -0.1) is 0 Å². The molecule has 2 unspecified atom stereocenters. The zero-order chi connectivity index (χ0) is 27.1. The van der Waals surface area contributed by atoms with Crippen LogP contribution in [0.4, 0.5) is 4.79 Å². The Kier molecular flexibility index (Phi) is 6.46. The molecule has 38 heavy (non-hydrogen) atoms. The van der Waals surface area contributed by atoms with Gasteiger partial charge in [-0.1, -0.05) is 54.6 Å². The lowest BCUT2D eigenvalue weighted by Crippen LogP contribution is -2.52. The summed E-state index contributed by atoms with van der Waals surface area (Å²) in [5, 5.41) is 9.38. The Labute approximate surface area is 222 Å². The van der Waals surface area contributed by atoms with E-state index in [1.165, 1.54) is 13.2 Å². The fraction of sp³-hybridized carbons (Fsp3) is 0.379. The van der Waals surface area contributed by atoms with Crippen LogP contribution >= 0.6 is 0 Å². The minimum absolute atomic E-state index is 0.109. The molecule has 1 saturated carbocycles. The molecule has 0 aromatic heterocycles. The number of carbonyl (C=O) groups excluding carboxylic acids is 2. The molecule has 1 aliphatic carbocycles. The van der Waals surface area contributed by atoms with Crippen LogP contribution in [0.25, 0.3) is 0 Å². The van der Waals surface area contributed by atoms with Crippen LogP contribution in [0.15, 0.2) is 76.5 Å². The Morgan fingerprint density at radius 2 is 1.74 bits per heavy atom. The molecule has 9 heteroatoms. The van der Waals surface area contributed by atoms with Crippen molar-refractivity contribution in [3.63, 3.8) is 0 Å². The fourth-order valence-electron chi connectivity index (χ4n) is 5.16. The summed E-state index contributed by atoms with van der Waals surface area (Å²) in [5.41, 5.74) is 7.67. The van der Waals surface area contributed by atoms with Gasteiger partial charge in [-0.05, 0) is 56.7 Å². The summed E-state index contributed by atoms with van der Waals surface area (Å²) in [6.45, 7) is 5.57. The third-order valence-corrected chi connectivity index (χ3v) is 7.11. The van der Waals surface area contributed by atoms with Crippen LogP contribution in [-0.2, 0) is 19.8 Å². The molecule has 2 aromatic rings. The Hall–Kier alpha value is -4.14. The summed E-state index contributed by atoms with van der Waals surface area (Å²) in [5.74, 6) is 0.341. The molecule has 3 aliphatic rings. The smallest absolute Gasteiger partial charge is 0.408 e. The summed E-state index contributed by atoms with van der Waals surface area (Å²) < 4.78 is 11.1. The molecular formula is C29H33N5O4. The lowest BCUT2D eigenvalue weighted by molar-refractivity contribution is -0.112. The van der Waals surface area contributed by atoms with Gasteiger partial charge in [-0.2, -0.15) is 5.10 Å². The summed E-state index contributed by atoms with van der Waals surface area (Å²) >= 11 is 0. The normalized spacial score (nSPS) is 21.8. The lowest BCUT2D eigenvalue weighted by Gasteiger charge is -2.43. The van der Waals surface area contributed by atoms with Gasteiger partial charge in [0.1, 0.15) is 17.7 Å². The SMILES string of the molecule is COC1=CC(C(N)=O)=NN2C1=NC(c1ccc(C3(NC(=O)OC(C)(C)C)CCC3)cc1)C2c1ccccc1. The number of nitrogens with zero attached hydrogens (tertiary/aromatic N) is 3. The molecule has 1 fully saturated rings. The number of hydrogen-bond donors (Lipinski definition) is 2. The first-order chi connectivity index (χ1) is 18.1. The Morgan fingerprint density at radius 3 is 2.29 bits per heavy atom. The molecule has 2 amide bonds. The third kappa shape index (κ3) is 4.76. The monoisotopic (exact) mass is 515 g/mol. The van der Waals surface area contributed by atoms with E-state index in [4.69, 9.17) is 20.2 Å². The number of benzene rings is 2. The van der Waals surface area contributed by atoms with Crippen LogP contribution in [0.1, 0.15) is 68.8 Å². The van der Waals surface area contributed by atoms with Crippen LogP contribution in [0.5, 0.6) is 0 Å². The van der Waals surface area contributed by atoms with Gasteiger partial charge in [-0.3, -0.25) is 9.79 Å². The number of hydrazone groups is 1. The second-order valence-corrected chi connectivity index (χ2v) is 10.8. The van der Waals surface area contributed by atoms with Gasteiger partial charge in [-0.25, -0.2) is 9.80 Å². The van der Waals surface area contributed by atoms with Crippen molar-refractivity contribution in [2.45, 2.75) is 63.3 Å². The molecule has 0 radical (unpaired) electrons. The highest BCUT2D eigenvalue weighted by Crippen LogP contribution is 2.46. The lowest BCUT2D eigenvalue weighted by atomic mass is 9.71. The van der Waals surface area contributed by atoms with Gasteiger partial charge in [0.15, 0.2) is 17.3 Å². The van der Waals surface area contributed by atoms with E-state index in [-0.39, 0.29) is 17.8 Å². The topological polar surface area (TPSA) is 119 Å². The van der Waals surface area contributed by atoms with E-state index in [1.54, 1.807) is 5.01 Å². The molecule has 3 N–H and O–H groups in total. The van der Waals surface area contributed by atoms with E-state index in [0.717, 1.165) is 36.0 Å². The number of nitrogens with one attached hydrogen (secondary N) is 1. The largest absolute Gasteiger partial charge is 0.493 e. The van der Waals surface area contributed by atoms with Crippen molar-refractivity contribution in [1.82, 2.24) is 10.3 Å². The quantitative estimate of drug-likeness (QED) is 0.588. The fourth-order valence-corrected chi connectivity index (χ4v) is 5.16. The van der Waals surface area contributed by atoms with Crippen LogP contribution in [-0.4, -0.2) is 41.3 Å². The molecule has 0 saturated heterocycles. The molecule has 2 aliphatic heterocycles. The number of methoxy groups -OCH3 is 1. The standard InChI is InChI=1S/C29H33N5O4/c1-28(2,3)38-27(36)32-29(15-8-16-29)20-13-11-18(12-14-20)23-24(19-9-6-5-7-10-19)34-26(31-23)22(37-4)17-21(33-34)25(30)35/h5-7,9-14,17,23-24H,8,15-16H2,1-4H3,(H2,30,35)(H,32,36). The third-order valence-electron chi connectivity index (χ3n) is 7.11. The molecule has 2 atom stereocenters. The second-order valence-electron chi connectivity index (χ2n) is 10.8. The number of hydrogen-bond acceptors (Lipinski definition) is 7. The Balaban J connectivity index is 1.48. The number of carbonyl (C=O) groups is 2. The van der Waals surface area contributed by atoms with Crippen molar-refractivity contribution in [1.29, 1.82) is 0 Å². The number of ether oxygens (including phenoxy) is 2. The molecule has 2 aromatic carbocycles. The number of nitrogens with two attached hydrogens (primary N) is 1. The number of aliphatic imine (C=N–C) groups is 1. The van der Waals surface area contributed by atoms with E-state index in [1.807, 2.05) is 63.2 Å². The van der Waals surface area contributed by atoms with Gasteiger partial charge in [0.05, 0.1) is 12.6 Å². The van der Waals surface area contributed by atoms with Crippen LogP contribution in [0.3, 0.4) is 0 Å². The van der Waals surface area contributed by atoms with E-state index in [2.05, 4.69) is 22.6 Å². The number of amidine groups is 1. The van der Waals surface area contributed by atoms with Crippen LogP contribution in [0, 0.1) is 0 Å². The van der Waals surface area contributed by atoms with Gasteiger partial charge in [0, 0.05) is 6.08 Å². The van der Waals surface area contributed by atoms with Gasteiger partial charge in [0.25, 0.3) is 5.91 Å². The van der Waals surface area contributed by atoms with Gasteiger partial charge in [0.2, 0.25) is 0 Å². The highest BCUT2D eigenvalue weighted by Gasteiger charge is 2.44. The first kappa shape index (κ1) is 25.5. The minimum Gasteiger partial charge on any atom is -0.493 e. The summed E-state index contributed by atoms with van der Waals surface area (Å²) in [7, 11) is 1.53. The van der Waals surface area contributed by atoms with E-state index in [0.29, 0.717) is 11.6 Å². The maximum absolute atomic E-state index is 12.6. The second kappa shape index (κ2) is 9.63. The van der Waals surface area contributed by atoms with Crippen molar-refractivity contribution >= 4 is 23.5 Å². The van der Waals surface area contributed by atoms with Crippen molar-refractivity contribution in [3.05, 3.63) is 83.1 Å². The maximum atomic E-state index is 12.6. The number of alkyl carbamates (subject to hydrolysis) is 1. The number of fused-ring (bicyclic) bond motifs is 1. The molecule has 0 spiro atoms. The summed E-state index contributed by atoms with van der Waals surface area (Å²) in [4.78, 5) is 29.6. The summed E-state index contributed by atoms with van der Waals surface area (Å²) in [6.07, 6.45) is 3.85. The molecule has 2 heterocycles. The first-order valence-electron chi connectivity index (χ1n) is 12.8. The number of primary amides is 1. The molecule has 5 rings (SSSR count). The van der Waals surface area contributed by atoms with Crippen molar-refractivity contribution in [2.75, 3.05) is 7.11 Å². The predicted octanol–water partition coefficient (Wildman–Crippen LogP) is 4.47. The minimum atomic E-state index is -0.638. The number of rotatable bonds is 6. The van der Waals surface area contributed by atoms with Gasteiger partial charge >= 0.3 is 6.09 Å². The van der Waals surface area contributed by atoms with E-state index in [9.17, 15) is 9.59 Å². The Morgan fingerprint density at radius 1 is 1.05 bits per heavy atom. The maximum Gasteiger partial charge on any atom is 0.408 e. The average molecular weight is 516 g/mol. The average Bonchev–Trinajstić information content (AvgIpc) is 3.25. The molecule has 198 valence electrons. The molecular weight excluding hydrogens is 482 g/mol. The number of amides is 2. The summed E-state index contributed by atoms with van der Waals surface area (Å²) in [6, 6.07) is 17.5. The molecule has 9 nitrogen and oxygen atoms in total. The van der Waals surface area contributed by atoms with Crippen molar-refractivity contribution in [3.8, 4) is 0 Å². The van der Waals surface area contributed by atoms with Crippen molar-refractivity contribution < 1.29 is 19.1 Å². The Bertz CT molecular complexity index is 1320. The van der Waals surface area contributed by atoms with E-state index >= 15 is 0 Å². The van der Waals surface area contributed by atoms with Crippen LogP contribution < -0.4 is 11.1 Å². The predicted molar refractivity (Wildman–Crippen MR) is 144 cm³/mol. The van der Waals surface area contributed by atoms with Crippen LogP contribution in [0.2, 0.25) is 0 Å². The zero-order valence-corrected chi connectivity index (χ0v) is 22.1. The highest BCUT2D eigenvalue weighted by molar-refractivity contribution is 6.44. The van der Waals surface area contributed by atoms with Crippen molar-refractivity contribution in [2.24, 2.45) is 15.8 Å². The van der Waals surface area contributed by atoms with E-state index < -0.39 is 23.1 Å². The molecule has 0 bridgehead atoms. The highest BCUT2D eigenvalue weighted by atomic mass is 16.6.